The van der Waals surface area contributed by atoms with Gasteiger partial charge in [-0.15, -0.1) is 0 Å². The van der Waals surface area contributed by atoms with Crippen LogP contribution in [0.1, 0.15) is 39.2 Å². The summed E-state index contributed by atoms with van der Waals surface area (Å²) in [4.78, 5) is 27.7. The zero-order chi connectivity index (χ0) is 25.2. The number of fused-ring (bicyclic) bond motifs is 2. The lowest BCUT2D eigenvalue weighted by molar-refractivity contribution is 0.0629. The fourth-order valence-corrected chi connectivity index (χ4v) is 5.44. The maximum absolute atomic E-state index is 14.0. The second-order valence-electron chi connectivity index (χ2n) is 9.70. The third kappa shape index (κ3) is 4.72. The summed E-state index contributed by atoms with van der Waals surface area (Å²) in [6.45, 7) is 4.02. The Bertz CT molecular complexity index is 1460. The van der Waals surface area contributed by atoms with E-state index in [2.05, 4.69) is 34.2 Å². The minimum atomic E-state index is 0.126. The van der Waals surface area contributed by atoms with Crippen molar-refractivity contribution >= 4 is 28.5 Å². The second-order valence-corrected chi connectivity index (χ2v) is 9.70. The number of pyridine rings is 2. The van der Waals surface area contributed by atoms with Gasteiger partial charge in [-0.3, -0.25) is 14.7 Å². The number of para-hydroxylation sites is 1. The standard InChI is InChI=1S/C31H30N4O2/c1-37-25-11-8-22(9-12-25)19-24-10-13-27-29(26-6-2-3-7-28(26)33-30(24)27)31(36)35-17-15-34(16-18-35)21-23-5-4-14-32-20-23/h2-9,11-12,14,19-20H,10,13,15-18,21H2,1H3/b24-19+. The molecule has 1 aliphatic carbocycles. The number of carbonyl (C=O) groups excluding carboxylic acids is 1. The van der Waals surface area contributed by atoms with Gasteiger partial charge in [-0.05, 0) is 65.4 Å². The quantitative estimate of drug-likeness (QED) is 0.390. The Morgan fingerprint density at radius 1 is 0.973 bits per heavy atom. The van der Waals surface area contributed by atoms with Gasteiger partial charge in [0.05, 0.1) is 23.9 Å². The van der Waals surface area contributed by atoms with E-state index in [-0.39, 0.29) is 5.91 Å². The summed E-state index contributed by atoms with van der Waals surface area (Å²) in [6, 6.07) is 20.2. The van der Waals surface area contributed by atoms with Gasteiger partial charge in [-0.1, -0.05) is 36.4 Å². The van der Waals surface area contributed by atoms with Crippen LogP contribution in [-0.2, 0) is 13.0 Å². The molecular weight excluding hydrogens is 460 g/mol. The zero-order valence-corrected chi connectivity index (χ0v) is 21.1. The number of piperazine rings is 1. The number of carbonyl (C=O) groups is 1. The van der Waals surface area contributed by atoms with Crippen molar-refractivity contribution in [1.82, 2.24) is 19.8 Å². The minimum absolute atomic E-state index is 0.126. The first-order chi connectivity index (χ1) is 18.2. The van der Waals surface area contributed by atoms with Crippen LogP contribution in [0.15, 0.2) is 73.1 Å². The highest BCUT2D eigenvalue weighted by molar-refractivity contribution is 6.09. The minimum Gasteiger partial charge on any atom is -0.497 e. The maximum atomic E-state index is 14.0. The number of hydrogen-bond acceptors (Lipinski definition) is 5. The highest BCUT2D eigenvalue weighted by Gasteiger charge is 2.30. The molecule has 0 unspecified atom stereocenters. The molecule has 6 heteroatoms. The SMILES string of the molecule is COc1ccc(/C=C2\CCc3c2nc2ccccc2c3C(=O)N2CCN(Cc3cccnc3)CC2)cc1. The van der Waals surface area contributed by atoms with Crippen LogP contribution in [-0.4, -0.2) is 59.0 Å². The van der Waals surface area contributed by atoms with E-state index >= 15 is 0 Å². The summed E-state index contributed by atoms with van der Waals surface area (Å²) in [5, 5.41) is 0.953. The van der Waals surface area contributed by atoms with Gasteiger partial charge < -0.3 is 9.64 Å². The lowest BCUT2D eigenvalue weighted by Gasteiger charge is -2.35. The van der Waals surface area contributed by atoms with Crippen LogP contribution in [0.2, 0.25) is 0 Å². The van der Waals surface area contributed by atoms with Crippen LogP contribution in [0.4, 0.5) is 0 Å². The average molecular weight is 491 g/mol. The number of allylic oxidation sites excluding steroid dienone is 1. The third-order valence-corrected chi connectivity index (χ3v) is 7.40. The molecule has 0 atom stereocenters. The number of hydrogen-bond donors (Lipinski definition) is 0. The molecule has 2 aromatic heterocycles. The lowest BCUT2D eigenvalue weighted by atomic mass is 9.99. The van der Waals surface area contributed by atoms with Crippen molar-refractivity contribution in [3.8, 4) is 5.75 Å². The molecule has 1 saturated heterocycles. The Morgan fingerprint density at radius 3 is 2.54 bits per heavy atom. The molecule has 3 heterocycles. The van der Waals surface area contributed by atoms with E-state index in [0.717, 1.165) is 84.6 Å². The van der Waals surface area contributed by atoms with E-state index in [1.54, 1.807) is 13.3 Å². The van der Waals surface area contributed by atoms with Crippen molar-refractivity contribution in [2.75, 3.05) is 33.3 Å². The van der Waals surface area contributed by atoms with Crippen LogP contribution >= 0.6 is 0 Å². The molecule has 1 aliphatic heterocycles. The molecule has 0 radical (unpaired) electrons. The molecule has 37 heavy (non-hydrogen) atoms. The lowest BCUT2D eigenvalue weighted by Crippen LogP contribution is -2.48. The second kappa shape index (κ2) is 10.1. The van der Waals surface area contributed by atoms with Crippen LogP contribution in [0.3, 0.4) is 0 Å². The van der Waals surface area contributed by atoms with Crippen molar-refractivity contribution in [3.63, 3.8) is 0 Å². The molecule has 0 spiro atoms. The van der Waals surface area contributed by atoms with Gasteiger partial charge in [0.2, 0.25) is 0 Å². The number of nitrogens with zero attached hydrogens (tertiary/aromatic N) is 4. The van der Waals surface area contributed by atoms with E-state index in [1.165, 1.54) is 11.1 Å². The fourth-order valence-electron chi connectivity index (χ4n) is 5.44. The van der Waals surface area contributed by atoms with Gasteiger partial charge in [0.15, 0.2) is 0 Å². The molecule has 6 rings (SSSR count). The smallest absolute Gasteiger partial charge is 0.254 e. The summed E-state index contributed by atoms with van der Waals surface area (Å²) in [5.41, 5.74) is 7.25. The molecule has 1 amide bonds. The van der Waals surface area contributed by atoms with Gasteiger partial charge in [0.25, 0.3) is 5.91 Å². The Kier molecular flexibility index (Phi) is 6.41. The molecule has 0 bridgehead atoms. The van der Waals surface area contributed by atoms with Crippen LogP contribution in [0, 0.1) is 0 Å². The van der Waals surface area contributed by atoms with Gasteiger partial charge in [-0.25, -0.2) is 4.98 Å². The highest BCUT2D eigenvalue weighted by atomic mass is 16.5. The molecule has 0 N–H and O–H groups in total. The summed E-state index contributed by atoms with van der Waals surface area (Å²) in [5.74, 6) is 0.966. The predicted octanol–water partition coefficient (Wildman–Crippen LogP) is 5.08. The first-order valence-electron chi connectivity index (χ1n) is 12.9. The molecule has 0 saturated carbocycles. The summed E-state index contributed by atoms with van der Waals surface area (Å²) in [6.07, 6.45) is 7.62. The Hall–Kier alpha value is -4.03. The zero-order valence-electron chi connectivity index (χ0n) is 21.1. The summed E-state index contributed by atoms with van der Waals surface area (Å²) >= 11 is 0. The van der Waals surface area contributed by atoms with E-state index in [4.69, 9.17) is 9.72 Å². The predicted molar refractivity (Wildman–Crippen MR) is 146 cm³/mol. The monoisotopic (exact) mass is 490 g/mol. The first kappa shape index (κ1) is 23.4. The van der Waals surface area contributed by atoms with Crippen LogP contribution < -0.4 is 4.74 Å². The summed E-state index contributed by atoms with van der Waals surface area (Å²) < 4.78 is 5.30. The van der Waals surface area contributed by atoms with Gasteiger partial charge in [-0.2, -0.15) is 0 Å². The Morgan fingerprint density at radius 2 is 1.78 bits per heavy atom. The van der Waals surface area contributed by atoms with Crippen molar-refractivity contribution in [1.29, 1.82) is 0 Å². The van der Waals surface area contributed by atoms with Crippen molar-refractivity contribution in [2.24, 2.45) is 0 Å². The molecule has 186 valence electrons. The number of rotatable bonds is 5. The molecule has 6 nitrogen and oxygen atoms in total. The van der Waals surface area contributed by atoms with Crippen molar-refractivity contribution < 1.29 is 9.53 Å². The molecule has 1 fully saturated rings. The Labute approximate surface area is 217 Å². The normalized spacial score (nSPS) is 16.8. The molecule has 2 aromatic carbocycles. The van der Waals surface area contributed by atoms with E-state index in [0.29, 0.717) is 0 Å². The number of amides is 1. The van der Waals surface area contributed by atoms with E-state index < -0.39 is 0 Å². The van der Waals surface area contributed by atoms with Gasteiger partial charge in [0, 0.05) is 50.5 Å². The molecule has 2 aliphatic rings. The summed E-state index contributed by atoms with van der Waals surface area (Å²) in [7, 11) is 1.68. The topological polar surface area (TPSA) is 58.6 Å². The average Bonchev–Trinajstić information content (AvgIpc) is 3.34. The number of benzene rings is 2. The van der Waals surface area contributed by atoms with Crippen molar-refractivity contribution in [3.05, 3.63) is 101 Å². The molecule has 4 aromatic rings. The number of ether oxygens (including phenoxy) is 1. The largest absolute Gasteiger partial charge is 0.497 e. The first-order valence-corrected chi connectivity index (χ1v) is 12.9. The number of methoxy groups -OCH3 is 1. The van der Waals surface area contributed by atoms with Crippen molar-refractivity contribution in [2.45, 2.75) is 19.4 Å². The van der Waals surface area contributed by atoms with Gasteiger partial charge in [0.1, 0.15) is 5.75 Å². The highest BCUT2D eigenvalue weighted by Crippen LogP contribution is 2.38. The van der Waals surface area contributed by atoms with Crippen LogP contribution in [0.5, 0.6) is 5.75 Å². The third-order valence-electron chi connectivity index (χ3n) is 7.40. The van der Waals surface area contributed by atoms with E-state index in [1.807, 2.05) is 53.6 Å². The van der Waals surface area contributed by atoms with Gasteiger partial charge >= 0.3 is 0 Å². The number of aromatic nitrogens is 2. The van der Waals surface area contributed by atoms with E-state index in [9.17, 15) is 4.79 Å². The molecular formula is C31H30N4O2. The maximum Gasteiger partial charge on any atom is 0.254 e. The van der Waals surface area contributed by atoms with Crippen LogP contribution in [0.25, 0.3) is 22.6 Å². The Balaban J connectivity index is 1.29. The fraction of sp³-hybridized carbons (Fsp3) is 0.258.